The summed E-state index contributed by atoms with van der Waals surface area (Å²) >= 11 is 0. The van der Waals surface area contributed by atoms with Crippen LogP contribution in [0.3, 0.4) is 0 Å². The van der Waals surface area contributed by atoms with Crippen molar-refractivity contribution in [2.75, 3.05) is 17.7 Å². The molecule has 1 aromatic carbocycles. The molecule has 0 bridgehead atoms. The van der Waals surface area contributed by atoms with Gasteiger partial charge in [0.25, 0.3) is 0 Å². The van der Waals surface area contributed by atoms with E-state index >= 15 is 0 Å². The van der Waals surface area contributed by atoms with Gasteiger partial charge in [-0.3, -0.25) is 0 Å². The van der Waals surface area contributed by atoms with E-state index in [0.29, 0.717) is 0 Å². The van der Waals surface area contributed by atoms with E-state index in [4.69, 9.17) is 5.73 Å². The maximum absolute atomic E-state index is 12.7. The fourth-order valence-electron chi connectivity index (χ4n) is 2.06. The van der Waals surface area contributed by atoms with Gasteiger partial charge in [-0.2, -0.15) is 13.2 Å². The molecule has 0 saturated carbocycles. The summed E-state index contributed by atoms with van der Waals surface area (Å²) in [6.45, 7) is 3.83. The van der Waals surface area contributed by atoms with Crippen LogP contribution >= 0.6 is 0 Å². The van der Waals surface area contributed by atoms with Gasteiger partial charge in [0.2, 0.25) is 5.82 Å². The van der Waals surface area contributed by atoms with Crippen LogP contribution in [0.15, 0.2) is 24.3 Å². The summed E-state index contributed by atoms with van der Waals surface area (Å²) in [7, 11) is 1.64. The van der Waals surface area contributed by atoms with E-state index in [1.54, 1.807) is 11.9 Å². The zero-order chi connectivity index (χ0) is 15.8. The number of hydrogen-bond acceptors (Lipinski definition) is 4. The number of alkyl halides is 3. The molecule has 2 aromatic rings. The molecule has 0 spiro atoms. The van der Waals surface area contributed by atoms with E-state index in [9.17, 15) is 13.2 Å². The molecule has 0 saturated heterocycles. The number of rotatable bonds is 2. The summed E-state index contributed by atoms with van der Waals surface area (Å²) in [5.41, 5.74) is 8.22. The van der Waals surface area contributed by atoms with Crippen molar-refractivity contribution in [1.82, 2.24) is 9.97 Å². The Morgan fingerprint density at radius 2 is 1.76 bits per heavy atom. The summed E-state index contributed by atoms with van der Waals surface area (Å²) in [4.78, 5) is 8.34. The standard InChI is InChI=1S/C14H15F3N4/c1-8-4-5-10(9(2)6-8)21(3)12-7-11(18)19-13(20-12)14(15,16)17/h4-7H,1-3H3,(H2,18,19,20). The molecule has 0 aliphatic carbocycles. The molecule has 0 aliphatic heterocycles. The number of anilines is 3. The van der Waals surface area contributed by atoms with Crippen LogP contribution < -0.4 is 10.6 Å². The lowest BCUT2D eigenvalue weighted by atomic mass is 10.1. The predicted octanol–water partition coefficient (Wildman–Crippen LogP) is 3.46. The highest BCUT2D eigenvalue weighted by atomic mass is 19.4. The fraction of sp³-hybridized carbons (Fsp3) is 0.286. The van der Waals surface area contributed by atoms with Gasteiger partial charge in [0.1, 0.15) is 11.6 Å². The molecular formula is C14H15F3N4. The topological polar surface area (TPSA) is 55.0 Å². The Bertz CT molecular complexity index is 668. The Balaban J connectivity index is 2.48. The molecule has 1 heterocycles. The Morgan fingerprint density at radius 1 is 1.10 bits per heavy atom. The molecular weight excluding hydrogens is 281 g/mol. The lowest BCUT2D eigenvalue weighted by Gasteiger charge is -2.21. The molecule has 112 valence electrons. The highest BCUT2D eigenvalue weighted by Gasteiger charge is 2.35. The first-order valence-corrected chi connectivity index (χ1v) is 6.21. The second kappa shape index (κ2) is 5.23. The Labute approximate surface area is 120 Å². The molecule has 0 amide bonds. The minimum Gasteiger partial charge on any atom is -0.384 e. The van der Waals surface area contributed by atoms with E-state index in [2.05, 4.69) is 9.97 Å². The molecule has 0 radical (unpaired) electrons. The smallest absolute Gasteiger partial charge is 0.384 e. The summed E-state index contributed by atoms with van der Waals surface area (Å²) in [5, 5.41) is 0. The third-order valence-corrected chi connectivity index (χ3v) is 3.04. The molecule has 0 atom stereocenters. The summed E-state index contributed by atoms with van der Waals surface area (Å²) in [6, 6.07) is 6.97. The summed E-state index contributed by atoms with van der Waals surface area (Å²) < 4.78 is 38.2. The molecule has 2 N–H and O–H groups in total. The Hall–Kier alpha value is -2.31. The van der Waals surface area contributed by atoms with Gasteiger partial charge in [0, 0.05) is 18.8 Å². The van der Waals surface area contributed by atoms with Crippen LogP contribution in [0.4, 0.5) is 30.5 Å². The molecule has 0 unspecified atom stereocenters. The van der Waals surface area contributed by atoms with E-state index in [1.165, 1.54) is 6.07 Å². The van der Waals surface area contributed by atoms with Crippen LogP contribution in [0.25, 0.3) is 0 Å². The monoisotopic (exact) mass is 296 g/mol. The van der Waals surface area contributed by atoms with E-state index in [1.807, 2.05) is 32.0 Å². The maximum atomic E-state index is 12.7. The van der Waals surface area contributed by atoms with Crippen molar-refractivity contribution in [3.05, 3.63) is 41.2 Å². The zero-order valence-electron chi connectivity index (χ0n) is 11.9. The summed E-state index contributed by atoms with van der Waals surface area (Å²) in [5.74, 6) is -1.36. The van der Waals surface area contributed by atoms with Crippen LogP contribution in [-0.4, -0.2) is 17.0 Å². The third kappa shape index (κ3) is 3.24. The second-order valence-corrected chi connectivity index (χ2v) is 4.82. The molecule has 1 aromatic heterocycles. The predicted molar refractivity (Wildman–Crippen MR) is 75.4 cm³/mol. The van der Waals surface area contributed by atoms with Crippen molar-refractivity contribution in [2.24, 2.45) is 0 Å². The van der Waals surface area contributed by atoms with Gasteiger partial charge in [0.05, 0.1) is 0 Å². The lowest BCUT2D eigenvalue weighted by Crippen LogP contribution is -2.18. The molecule has 0 aliphatic rings. The van der Waals surface area contributed by atoms with Gasteiger partial charge in [-0.1, -0.05) is 17.7 Å². The van der Waals surface area contributed by atoms with Gasteiger partial charge in [-0.15, -0.1) is 0 Å². The van der Waals surface area contributed by atoms with Gasteiger partial charge >= 0.3 is 6.18 Å². The maximum Gasteiger partial charge on any atom is 0.451 e. The molecule has 7 heteroatoms. The van der Waals surface area contributed by atoms with Crippen molar-refractivity contribution < 1.29 is 13.2 Å². The number of aryl methyl sites for hydroxylation is 2. The first-order chi connectivity index (χ1) is 9.68. The van der Waals surface area contributed by atoms with Crippen molar-refractivity contribution in [3.8, 4) is 0 Å². The zero-order valence-corrected chi connectivity index (χ0v) is 11.9. The fourth-order valence-corrected chi connectivity index (χ4v) is 2.06. The molecule has 21 heavy (non-hydrogen) atoms. The Kier molecular flexibility index (Phi) is 3.76. The highest BCUT2D eigenvalue weighted by molar-refractivity contribution is 5.65. The first-order valence-electron chi connectivity index (χ1n) is 6.21. The van der Waals surface area contributed by atoms with Crippen molar-refractivity contribution in [2.45, 2.75) is 20.0 Å². The van der Waals surface area contributed by atoms with Crippen molar-refractivity contribution in [3.63, 3.8) is 0 Å². The van der Waals surface area contributed by atoms with Gasteiger partial charge in [-0.25, -0.2) is 9.97 Å². The molecule has 2 rings (SSSR count). The number of nitrogens with two attached hydrogens (primary N) is 1. The minimum atomic E-state index is -4.63. The number of nitrogen functional groups attached to an aromatic ring is 1. The number of nitrogens with zero attached hydrogens (tertiary/aromatic N) is 3. The van der Waals surface area contributed by atoms with Crippen LogP contribution in [0, 0.1) is 13.8 Å². The SMILES string of the molecule is Cc1ccc(N(C)c2cc(N)nc(C(F)(F)F)n2)c(C)c1. The van der Waals surface area contributed by atoms with E-state index < -0.39 is 12.0 Å². The number of benzene rings is 1. The Morgan fingerprint density at radius 3 is 2.33 bits per heavy atom. The number of aromatic nitrogens is 2. The minimum absolute atomic E-state index is 0.0989. The van der Waals surface area contributed by atoms with Crippen molar-refractivity contribution >= 4 is 17.3 Å². The average molecular weight is 296 g/mol. The van der Waals surface area contributed by atoms with Crippen LogP contribution in [0.2, 0.25) is 0 Å². The normalized spacial score (nSPS) is 11.5. The molecule has 0 fully saturated rings. The van der Waals surface area contributed by atoms with Crippen LogP contribution in [0.5, 0.6) is 0 Å². The largest absolute Gasteiger partial charge is 0.451 e. The number of halogens is 3. The highest BCUT2D eigenvalue weighted by Crippen LogP contribution is 2.31. The molecule has 4 nitrogen and oxygen atoms in total. The van der Waals surface area contributed by atoms with Crippen LogP contribution in [-0.2, 0) is 6.18 Å². The van der Waals surface area contributed by atoms with E-state index in [0.717, 1.165) is 16.8 Å². The average Bonchev–Trinajstić information content (AvgIpc) is 2.36. The van der Waals surface area contributed by atoms with Gasteiger partial charge in [0.15, 0.2) is 0 Å². The first kappa shape index (κ1) is 15.1. The third-order valence-electron chi connectivity index (χ3n) is 3.04. The van der Waals surface area contributed by atoms with Crippen molar-refractivity contribution in [1.29, 1.82) is 0 Å². The quantitative estimate of drug-likeness (QED) is 0.922. The van der Waals surface area contributed by atoms with Crippen LogP contribution in [0.1, 0.15) is 17.0 Å². The van der Waals surface area contributed by atoms with Gasteiger partial charge in [-0.05, 0) is 25.5 Å². The van der Waals surface area contributed by atoms with E-state index in [-0.39, 0.29) is 11.6 Å². The number of hydrogen-bond donors (Lipinski definition) is 1. The second-order valence-electron chi connectivity index (χ2n) is 4.82. The summed E-state index contributed by atoms with van der Waals surface area (Å²) in [6.07, 6.45) is -4.63. The van der Waals surface area contributed by atoms with Gasteiger partial charge < -0.3 is 10.6 Å². The lowest BCUT2D eigenvalue weighted by molar-refractivity contribution is -0.144.